The van der Waals surface area contributed by atoms with Crippen molar-refractivity contribution in [3.8, 4) is 0 Å². The van der Waals surface area contributed by atoms with Gasteiger partial charge in [0, 0.05) is 18.6 Å². The summed E-state index contributed by atoms with van der Waals surface area (Å²) in [4.78, 5) is 2.50. The smallest absolute Gasteiger partial charge is 0.0670 e. The van der Waals surface area contributed by atoms with Gasteiger partial charge in [0.2, 0.25) is 0 Å². The maximum absolute atomic E-state index is 10.1. The van der Waals surface area contributed by atoms with Gasteiger partial charge >= 0.3 is 0 Å². The average molecular weight is 243 g/mol. The van der Waals surface area contributed by atoms with Gasteiger partial charge in [0.25, 0.3) is 0 Å². The van der Waals surface area contributed by atoms with Crippen molar-refractivity contribution in [3.63, 3.8) is 0 Å². The van der Waals surface area contributed by atoms with Crippen LogP contribution < -0.4 is 0 Å². The first kappa shape index (κ1) is 11.9. The molecule has 1 saturated heterocycles. The maximum Gasteiger partial charge on any atom is 0.0670 e. The minimum atomic E-state index is -0.222. The van der Waals surface area contributed by atoms with Crippen molar-refractivity contribution in [1.29, 1.82) is 0 Å². The standard InChI is InChI=1S/C16H21NO/c1-2-3-6-12(18)11-17-15-9-10-16(17)14-8-5-4-7-13(14)15/h2,4-5,7-8,12,15-16,18H,1,3,6,9-11H2. The Kier molecular flexibility index (Phi) is 3.23. The van der Waals surface area contributed by atoms with Gasteiger partial charge in [-0.05, 0) is 36.8 Å². The molecule has 3 unspecified atom stereocenters. The molecule has 18 heavy (non-hydrogen) atoms. The molecule has 0 radical (unpaired) electrons. The Morgan fingerprint density at radius 1 is 1.28 bits per heavy atom. The Morgan fingerprint density at radius 3 is 2.44 bits per heavy atom. The summed E-state index contributed by atoms with van der Waals surface area (Å²) in [5.74, 6) is 0. The molecule has 0 spiro atoms. The normalized spacial score (nSPS) is 27.2. The average Bonchev–Trinajstić information content (AvgIpc) is 2.92. The zero-order valence-electron chi connectivity index (χ0n) is 10.8. The maximum atomic E-state index is 10.1. The van der Waals surface area contributed by atoms with E-state index in [1.54, 1.807) is 0 Å². The van der Waals surface area contributed by atoms with Crippen LogP contribution >= 0.6 is 0 Å². The van der Waals surface area contributed by atoms with E-state index in [-0.39, 0.29) is 6.10 Å². The molecule has 3 atom stereocenters. The molecular formula is C16H21NO. The lowest BCUT2D eigenvalue weighted by Crippen LogP contribution is -2.30. The Balaban J connectivity index is 1.72. The fourth-order valence-corrected chi connectivity index (χ4v) is 3.55. The lowest BCUT2D eigenvalue weighted by Gasteiger charge is -2.24. The first-order valence-electron chi connectivity index (χ1n) is 6.95. The van der Waals surface area contributed by atoms with Crippen LogP contribution in [0.2, 0.25) is 0 Å². The summed E-state index contributed by atoms with van der Waals surface area (Å²) in [5.41, 5.74) is 2.98. The summed E-state index contributed by atoms with van der Waals surface area (Å²) >= 11 is 0. The molecule has 1 fully saturated rings. The van der Waals surface area contributed by atoms with Crippen molar-refractivity contribution in [3.05, 3.63) is 48.0 Å². The van der Waals surface area contributed by atoms with Crippen LogP contribution in [0.5, 0.6) is 0 Å². The minimum Gasteiger partial charge on any atom is -0.392 e. The Bertz CT molecular complexity index is 411. The molecule has 2 heterocycles. The Labute approximate surface area is 109 Å². The van der Waals surface area contributed by atoms with Crippen molar-refractivity contribution in [1.82, 2.24) is 4.90 Å². The quantitative estimate of drug-likeness (QED) is 0.803. The van der Waals surface area contributed by atoms with Gasteiger partial charge < -0.3 is 5.11 Å². The second-order valence-corrected chi connectivity index (χ2v) is 5.45. The third-order valence-electron chi connectivity index (χ3n) is 4.35. The fraction of sp³-hybridized carbons (Fsp3) is 0.500. The second-order valence-electron chi connectivity index (χ2n) is 5.45. The first-order chi connectivity index (χ1) is 8.81. The van der Waals surface area contributed by atoms with E-state index < -0.39 is 0 Å². The summed E-state index contributed by atoms with van der Waals surface area (Å²) < 4.78 is 0. The number of hydrogen-bond donors (Lipinski definition) is 1. The first-order valence-corrected chi connectivity index (χ1v) is 6.95. The topological polar surface area (TPSA) is 23.5 Å². The largest absolute Gasteiger partial charge is 0.392 e. The summed E-state index contributed by atoms with van der Waals surface area (Å²) in [6.07, 6.45) is 5.88. The highest BCUT2D eigenvalue weighted by Crippen LogP contribution is 2.52. The van der Waals surface area contributed by atoms with E-state index in [0.29, 0.717) is 12.1 Å². The summed E-state index contributed by atoms with van der Waals surface area (Å²) in [6, 6.07) is 9.86. The van der Waals surface area contributed by atoms with Crippen molar-refractivity contribution in [2.24, 2.45) is 0 Å². The van der Waals surface area contributed by atoms with Gasteiger partial charge in [0.15, 0.2) is 0 Å². The van der Waals surface area contributed by atoms with E-state index in [2.05, 4.69) is 35.7 Å². The van der Waals surface area contributed by atoms with Crippen LogP contribution in [-0.4, -0.2) is 22.7 Å². The second kappa shape index (κ2) is 4.87. The molecule has 3 rings (SSSR count). The minimum absolute atomic E-state index is 0.222. The van der Waals surface area contributed by atoms with Crippen LogP contribution in [-0.2, 0) is 0 Å². The number of aliphatic hydroxyl groups excluding tert-OH is 1. The molecule has 1 aromatic carbocycles. The van der Waals surface area contributed by atoms with Crippen LogP contribution in [0.25, 0.3) is 0 Å². The molecule has 2 bridgehead atoms. The molecular weight excluding hydrogens is 222 g/mol. The van der Waals surface area contributed by atoms with Crippen molar-refractivity contribution >= 4 is 0 Å². The van der Waals surface area contributed by atoms with E-state index in [0.717, 1.165) is 19.4 Å². The van der Waals surface area contributed by atoms with Gasteiger partial charge in [-0.2, -0.15) is 0 Å². The number of rotatable bonds is 5. The zero-order valence-corrected chi connectivity index (χ0v) is 10.8. The van der Waals surface area contributed by atoms with E-state index in [4.69, 9.17) is 0 Å². The van der Waals surface area contributed by atoms with Gasteiger partial charge in [-0.3, -0.25) is 4.90 Å². The van der Waals surface area contributed by atoms with Crippen LogP contribution in [0.1, 0.15) is 48.9 Å². The van der Waals surface area contributed by atoms with Crippen molar-refractivity contribution in [2.75, 3.05) is 6.54 Å². The lowest BCUT2D eigenvalue weighted by molar-refractivity contribution is 0.0877. The third-order valence-corrected chi connectivity index (χ3v) is 4.35. The van der Waals surface area contributed by atoms with Crippen LogP contribution in [0, 0.1) is 0 Å². The van der Waals surface area contributed by atoms with Crippen molar-refractivity contribution < 1.29 is 5.11 Å². The SMILES string of the molecule is C=CCCC(O)CN1C2CCC1c1ccccc12. The number of hydrogen-bond acceptors (Lipinski definition) is 2. The van der Waals surface area contributed by atoms with Gasteiger partial charge in [0.05, 0.1) is 6.10 Å². The molecule has 2 heteroatoms. The molecule has 2 nitrogen and oxygen atoms in total. The Morgan fingerprint density at radius 2 is 1.89 bits per heavy atom. The Hall–Kier alpha value is -1.12. The predicted molar refractivity (Wildman–Crippen MR) is 73.3 cm³/mol. The number of nitrogens with zero attached hydrogens (tertiary/aromatic N) is 1. The molecule has 0 saturated carbocycles. The van der Waals surface area contributed by atoms with Gasteiger partial charge in [0.1, 0.15) is 0 Å². The van der Waals surface area contributed by atoms with Crippen molar-refractivity contribution in [2.45, 2.75) is 43.9 Å². The lowest BCUT2D eigenvalue weighted by atomic mass is 9.92. The molecule has 0 amide bonds. The molecule has 1 aromatic rings. The van der Waals surface area contributed by atoms with E-state index in [1.807, 2.05) is 6.08 Å². The predicted octanol–water partition coefficient (Wildman–Crippen LogP) is 3.21. The highest BCUT2D eigenvalue weighted by molar-refractivity contribution is 5.39. The van der Waals surface area contributed by atoms with Crippen LogP contribution in [0.3, 0.4) is 0 Å². The fourth-order valence-electron chi connectivity index (χ4n) is 3.55. The zero-order chi connectivity index (χ0) is 12.5. The monoisotopic (exact) mass is 243 g/mol. The van der Waals surface area contributed by atoms with Gasteiger partial charge in [-0.1, -0.05) is 30.3 Å². The molecule has 96 valence electrons. The summed E-state index contributed by atoms with van der Waals surface area (Å²) in [7, 11) is 0. The van der Waals surface area contributed by atoms with Crippen LogP contribution in [0.4, 0.5) is 0 Å². The highest BCUT2D eigenvalue weighted by Gasteiger charge is 2.43. The van der Waals surface area contributed by atoms with Crippen LogP contribution in [0.15, 0.2) is 36.9 Å². The van der Waals surface area contributed by atoms with Gasteiger partial charge in [-0.25, -0.2) is 0 Å². The third kappa shape index (κ3) is 1.90. The highest BCUT2D eigenvalue weighted by atomic mass is 16.3. The van der Waals surface area contributed by atoms with E-state index >= 15 is 0 Å². The number of allylic oxidation sites excluding steroid dienone is 1. The number of aliphatic hydroxyl groups is 1. The number of fused-ring (bicyclic) bond motifs is 5. The van der Waals surface area contributed by atoms with E-state index in [9.17, 15) is 5.11 Å². The van der Waals surface area contributed by atoms with E-state index in [1.165, 1.54) is 24.0 Å². The molecule has 2 aliphatic heterocycles. The molecule has 0 aromatic heterocycles. The summed E-state index contributed by atoms with van der Waals surface area (Å²) in [5, 5.41) is 10.1. The molecule has 0 aliphatic carbocycles. The summed E-state index contributed by atoms with van der Waals surface area (Å²) in [6.45, 7) is 4.52. The molecule has 2 aliphatic rings. The van der Waals surface area contributed by atoms with Gasteiger partial charge in [-0.15, -0.1) is 6.58 Å². The molecule has 1 N–H and O–H groups in total. The number of benzene rings is 1.